The Kier molecular flexibility index (Phi) is 9.20. The van der Waals surface area contributed by atoms with Crippen molar-refractivity contribution in [2.24, 2.45) is 5.10 Å². The molecule has 4 aromatic carbocycles. The number of rotatable bonds is 9. The number of benzene rings is 4. The van der Waals surface area contributed by atoms with E-state index in [0.717, 1.165) is 5.39 Å². The fourth-order valence-electron chi connectivity index (χ4n) is 4.62. The van der Waals surface area contributed by atoms with Crippen LogP contribution in [0.4, 0.5) is 10.1 Å². The first-order valence-corrected chi connectivity index (χ1v) is 15.8. The third kappa shape index (κ3) is 6.41. The molecule has 1 amide bonds. The molecule has 0 aliphatic rings. The number of hydrogen-bond acceptors (Lipinski definition) is 7. The second kappa shape index (κ2) is 13.5. The smallest absolute Gasteiger partial charge is 0.282 e. The number of amides is 1. The minimum atomic E-state index is -0.565. The molecule has 232 valence electrons. The molecule has 0 aliphatic heterocycles. The maximum Gasteiger partial charge on any atom is 0.282 e. The molecule has 0 unspecified atom stereocenters. The van der Waals surface area contributed by atoms with Crippen LogP contribution in [0.3, 0.4) is 0 Å². The summed E-state index contributed by atoms with van der Waals surface area (Å²) in [5, 5.41) is 8.67. The van der Waals surface area contributed by atoms with E-state index in [1.54, 1.807) is 67.6 Å². The first-order chi connectivity index (χ1) is 22.2. The minimum absolute atomic E-state index is 0.0391. The number of nitrogens with zero attached hydrogens (tertiary/aromatic N) is 3. The SMILES string of the molecule is CCOc1cc(C=Nn2c(-c3cc4cc(Cl)ccc4o3)nc3ccccc3c2=O)c(Br)c(Br)c1OCC(=O)Nc1ccccc1F. The van der Waals surface area contributed by atoms with Crippen molar-refractivity contribution >= 4 is 83.1 Å². The lowest BCUT2D eigenvalue weighted by atomic mass is 10.2. The second-order valence-corrected chi connectivity index (χ2v) is 11.8. The Labute approximate surface area is 282 Å². The number of nitrogens with one attached hydrogen (secondary N) is 1. The highest BCUT2D eigenvalue weighted by Crippen LogP contribution is 2.42. The van der Waals surface area contributed by atoms with E-state index in [2.05, 4.69) is 42.3 Å². The molecule has 6 rings (SSSR count). The van der Waals surface area contributed by atoms with Crippen LogP contribution in [-0.4, -0.2) is 35.0 Å². The van der Waals surface area contributed by atoms with Gasteiger partial charge in [0.05, 0.1) is 33.9 Å². The topological polar surface area (TPSA) is 108 Å². The fraction of sp³-hybridized carbons (Fsp3) is 0.0909. The lowest BCUT2D eigenvalue weighted by molar-refractivity contribution is -0.118. The summed E-state index contributed by atoms with van der Waals surface area (Å²) in [6.45, 7) is 1.67. The molecule has 2 heterocycles. The van der Waals surface area contributed by atoms with Gasteiger partial charge in [0.15, 0.2) is 23.9 Å². The Morgan fingerprint density at radius 1 is 1.07 bits per heavy atom. The van der Waals surface area contributed by atoms with Crippen molar-refractivity contribution in [3.05, 3.63) is 115 Å². The predicted molar refractivity (Wildman–Crippen MR) is 183 cm³/mol. The number of para-hydroxylation sites is 2. The van der Waals surface area contributed by atoms with Crippen molar-refractivity contribution in [1.82, 2.24) is 9.66 Å². The zero-order chi connectivity index (χ0) is 32.4. The van der Waals surface area contributed by atoms with Gasteiger partial charge in [-0.15, -0.1) is 0 Å². The van der Waals surface area contributed by atoms with Gasteiger partial charge in [0.25, 0.3) is 11.5 Å². The van der Waals surface area contributed by atoms with E-state index in [1.165, 1.54) is 29.1 Å². The Balaban J connectivity index is 1.37. The van der Waals surface area contributed by atoms with Crippen LogP contribution in [0.25, 0.3) is 33.5 Å². The number of carbonyl (C=O) groups is 1. The van der Waals surface area contributed by atoms with Crippen LogP contribution in [0.15, 0.2) is 102 Å². The average molecular weight is 769 g/mol. The molecule has 9 nitrogen and oxygen atoms in total. The molecule has 6 aromatic rings. The predicted octanol–water partition coefficient (Wildman–Crippen LogP) is 8.43. The second-order valence-electron chi connectivity index (χ2n) is 9.78. The third-order valence-electron chi connectivity index (χ3n) is 6.72. The molecule has 46 heavy (non-hydrogen) atoms. The molecule has 0 saturated carbocycles. The summed E-state index contributed by atoms with van der Waals surface area (Å²) in [5.74, 6) is -0.0770. The van der Waals surface area contributed by atoms with Gasteiger partial charge in [0, 0.05) is 20.4 Å². The summed E-state index contributed by atoms with van der Waals surface area (Å²) in [4.78, 5) is 31.0. The van der Waals surface area contributed by atoms with E-state index in [1.807, 2.05) is 0 Å². The van der Waals surface area contributed by atoms with Crippen LogP contribution >= 0.6 is 43.5 Å². The van der Waals surface area contributed by atoms with Gasteiger partial charge in [-0.3, -0.25) is 9.59 Å². The van der Waals surface area contributed by atoms with Crippen molar-refractivity contribution in [2.45, 2.75) is 6.92 Å². The molecule has 0 bridgehead atoms. The van der Waals surface area contributed by atoms with Gasteiger partial charge in [-0.05, 0) is 93.4 Å². The summed E-state index contributed by atoms with van der Waals surface area (Å²) < 4.78 is 33.8. The maximum atomic E-state index is 14.0. The van der Waals surface area contributed by atoms with Crippen LogP contribution in [0.2, 0.25) is 5.02 Å². The highest BCUT2D eigenvalue weighted by atomic mass is 79.9. The molecule has 0 saturated heterocycles. The van der Waals surface area contributed by atoms with Crippen LogP contribution in [0.5, 0.6) is 11.5 Å². The van der Waals surface area contributed by atoms with Crippen LogP contribution in [0.1, 0.15) is 12.5 Å². The highest BCUT2D eigenvalue weighted by Gasteiger charge is 2.20. The molecule has 2 aromatic heterocycles. The van der Waals surface area contributed by atoms with Gasteiger partial charge in [-0.2, -0.15) is 9.78 Å². The van der Waals surface area contributed by atoms with E-state index in [-0.39, 0.29) is 23.9 Å². The van der Waals surface area contributed by atoms with Crippen molar-refractivity contribution in [3.8, 4) is 23.1 Å². The number of carbonyl (C=O) groups excluding carboxylic acids is 1. The number of ether oxygens (including phenoxy) is 2. The first-order valence-electron chi connectivity index (χ1n) is 13.8. The molecule has 13 heteroatoms. The number of halogens is 4. The Morgan fingerprint density at radius 2 is 1.85 bits per heavy atom. The maximum absolute atomic E-state index is 14.0. The average Bonchev–Trinajstić information content (AvgIpc) is 3.47. The first kappa shape index (κ1) is 31.5. The fourth-order valence-corrected chi connectivity index (χ4v) is 5.73. The van der Waals surface area contributed by atoms with E-state index >= 15 is 0 Å². The summed E-state index contributed by atoms with van der Waals surface area (Å²) in [6.07, 6.45) is 1.47. The van der Waals surface area contributed by atoms with Crippen LogP contribution in [0, 0.1) is 5.82 Å². The largest absolute Gasteiger partial charge is 0.490 e. The zero-order valence-corrected chi connectivity index (χ0v) is 27.8. The van der Waals surface area contributed by atoms with Gasteiger partial charge in [0.1, 0.15) is 11.4 Å². The standard InChI is InChI=1S/C33H22Br2ClFN4O5/c1-2-44-26-15-19(29(34)30(35)31(26)45-17-28(42)39-24-10-6-4-8-22(24)37)16-38-41-32(40-23-9-5-3-7-21(23)33(41)43)27-14-18-13-20(36)11-12-25(18)46-27/h3-16H,2,17H2,1H3,(H,39,42). The van der Waals surface area contributed by atoms with E-state index < -0.39 is 23.9 Å². The summed E-state index contributed by atoms with van der Waals surface area (Å²) in [5.41, 5.74) is 1.20. The lowest BCUT2D eigenvalue weighted by Crippen LogP contribution is -2.21. The summed E-state index contributed by atoms with van der Waals surface area (Å²) in [6, 6.07) is 21.4. The Hall–Kier alpha value is -4.52. The van der Waals surface area contributed by atoms with Gasteiger partial charge in [-0.25, -0.2) is 9.37 Å². The van der Waals surface area contributed by atoms with Gasteiger partial charge in [-0.1, -0.05) is 35.9 Å². The summed E-state index contributed by atoms with van der Waals surface area (Å²) >= 11 is 13.2. The van der Waals surface area contributed by atoms with Gasteiger partial charge < -0.3 is 19.2 Å². The molecule has 0 radical (unpaired) electrons. The van der Waals surface area contributed by atoms with E-state index in [4.69, 9.17) is 30.5 Å². The molecular formula is C33H22Br2ClFN4O5. The zero-order valence-electron chi connectivity index (χ0n) is 23.9. The third-order valence-corrected chi connectivity index (χ3v) is 9.09. The number of fused-ring (bicyclic) bond motifs is 2. The van der Waals surface area contributed by atoms with Crippen LogP contribution < -0.4 is 20.3 Å². The van der Waals surface area contributed by atoms with Crippen molar-refractivity contribution in [3.63, 3.8) is 0 Å². The van der Waals surface area contributed by atoms with Gasteiger partial charge in [0.2, 0.25) is 5.82 Å². The molecule has 0 fully saturated rings. The Morgan fingerprint density at radius 3 is 2.65 bits per heavy atom. The quantitative estimate of drug-likeness (QED) is 0.148. The minimum Gasteiger partial charge on any atom is -0.490 e. The lowest BCUT2D eigenvalue weighted by Gasteiger charge is -2.16. The summed E-state index contributed by atoms with van der Waals surface area (Å²) in [7, 11) is 0. The van der Waals surface area contributed by atoms with Crippen molar-refractivity contribution in [1.29, 1.82) is 0 Å². The number of anilines is 1. The Bertz CT molecular complexity index is 2220. The van der Waals surface area contributed by atoms with Crippen LogP contribution in [-0.2, 0) is 4.79 Å². The molecule has 0 spiro atoms. The molecule has 0 atom stereocenters. The number of hydrogen-bond donors (Lipinski definition) is 1. The van der Waals surface area contributed by atoms with Crippen molar-refractivity contribution in [2.75, 3.05) is 18.5 Å². The number of aromatic nitrogens is 2. The van der Waals surface area contributed by atoms with E-state index in [0.29, 0.717) is 47.5 Å². The molecular weight excluding hydrogens is 747 g/mol. The normalized spacial score (nSPS) is 11.4. The number of furan rings is 1. The van der Waals surface area contributed by atoms with E-state index in [9.17, 15) is 14.0 Å². The van der Waals surface area contributed by atoms with Crippen molar-refractivity contribution < 1.29 is 23.1 Å². The molecule has 1 N–H and O–H groups in total. The highest BCUT2D eigenvalue weighted by molar-refractivity contribution is 9.13. The molecule has 0 aliphatic carbocycles. The van der Waals surface area contributed by atoms with Gasteiger partial charge >= 0.3 is 0 Å². The monoisotopic (exact) mass is 766 g/mol.